The van der Waals surface area contributed by atoms with Gasteiger partial charge in [0.05, 0.1) is 32.5 Å². The Hall–Kier alpha value is -6.25. The number of hydrogen-bond donors (Lipinski definition) is 1. The van der Waals surface area contributed by atoms with Crippen LogP contribution in [0.25, 0.3) is 65.3 Å². The summed E-state index contributed by atoms with van der Waals surface area (Å²) in [7, 11) is 1.68. The minimum absolute atomic E-state index is 0.211. The summed E-state index contributed by atoms with van der Waals surface area (Å²) >= 11 is 0. The lowest BCUT2D eigenvalue weighted by Gasteiger charge is -2.20. The van der Waals surface area contributed by atoms with Crippen LogP contribution in [0.2, 0.25) is 0 Å². The molecule has 1 amide bonds. The molecule has 8 heteroatoms. The maximum absolute atomic E-state index is 14.3. The van der Waals surface area contributed by atoms with Crippen LogP contribution in [0, 0.1) is 0 Å². The molecule has 2 aliphatic rings. The van der Waals surface area contributed by atoms with Gasteiger partial charge in [-0.1, -0.05) is 103 Å². The molecular formula is C45H35NO7. The van der Waals surface area contributed by atoms with E-state index < -0.39 is 18.1 Å². The van der Waals surface area contributed by atoms with Crippen molar-refractivity contribution in [2.24, 2.45) is 0 Å². The highest BCUT2D eigenvalue weighted by Gasteiger charge is 2.31. The van der Waals surface area contributed by atoms with Gasteiger partial charge in [0, 0.05) is 23.6 Å². The Kier molecular flexibility index (Phi) is 8.24. The van der Waals surface area contributed by atoms with Crippen LogP contribution in [0.3, 0.4) is 0 Å². The molecule has 7 aromatic carbocycles. The van der Waals surface area contributed by atoms with Gasteiger partial charge in [0.25, 0.3) is 5.91 Å². The number of nitrogens with one attached hydrogen (secondary N) is 1. The molecule has 2 saturated heterocycles. The summed E-state index contributed by atoms with van der Waals surface area (Å²) in [4.78, 5) is 39.1. The molecule has 0 saturated carbocycles. The maximum atomic E-state index is 14.3. The first kappa shape index (κ1) is 32.6. The second-order valence-electron chi connectivity index (χ2n) is 13.5. The summed E-state index contributed by atoms with van der Waals surface area (Å²) in [5, 5.41) is 10.2. The Morgan fingerprint density at radius 2 is 1.25 bits per heavy atom. The molecule has 2 unspecified atom stereocenters. The van der Waals surface area contributed by atoms with E-state index in [2.05, 4.69) is 53.8 Å². The zero-order chi connectivity index (χ0) is 36.1. The zero-order valence-electron chi connectivity index (χ0n) is 29.0. The average molecular weight is 702 g/mol. The molecule has 0 bridgehead atoms. The van der Waals surface area contributed by atoms with E-state index in [4.69, 9.17) is 18.9 Å². The topological polar surface area (TPSA) is 100 Å². The molecule has 0 spiro atoms. The molecule has 7 aromatic rings. The molecule has 2 heterocycles. The molecule has 1 N–H and O–H groups in total. The number of ether oxygens (including phenoxy) is 4. The number of amides is 1. The average Bonchev–Trinajstić information content (AvgIpc) is 3.81. The highest BCUT2D eigenvalue weighted by atomic mass is 16.6. The minimum Gasteiger partial charge on any atom is -0.495 e. The molecule has 8 nitrogen and oxygen atoms in total. The summed E-state index contributed by atoms with van der Waals surface area (Å²) in [6.07, 6.45) is 0.334. The number of hydrogen-bond acceptors (Lipinski definition) is 7. The molecule has 0 aliphatic carbocycles. The number of carbonyl (C=O) groups is 3. The minimum atomic E-state index is -0.703. The number of methoxy groups -OCH3 is 1. The van der Waals surface area contributed by atoms with Crippen LogP contribution in [-0.2, 0) is 30.4 Å². The molecule has 0 aromatic heterocycles. The standard InChI is InChI=1S/C45H35NO7/c1-50-42-33-14-8-5-11-29(33)37(25-53-39-20-22-52-45(39)49)35-23-27(16-18-34(35)42)28-15-17-32-36(24-28)41(43(47)46-38-19-21-51-44(38)48)31-13-7-6-12-30(31)40(32)26-9-3-2-4-10-26/h2-18,23-24,38-39H,19-22,25H2,1H3,(H,46,47). The molecule has 2 atom stereocenters. The van der Waals surface area contributed by atoms with Crippen molar-refractivity contribution in [2.45, 2.75) is 31.6 Å². The second kappa shape index (κ2) is 13.4. The van der Waals surface area contributed by atoms with Crippen molar-refractivity contribution in [1.82, 2.24) is 5.32 Å². The summed E-state index contributed by atoms with van der Waals surface area (Å²) in [6.45, 7) is 0.843. The SMILES string of the molecule is COc1c2ccccc2c(COC2CCOC2=O)c2cc(-c3ccc4c(-c5ccccc5)c5ccccc5c(C(=O)NC5CCOC5=O)c4c3)ccc12. The molecule has 2 fully saturated rings. The fraction of sp³-hybridized carbons (Fsp3) is 0.178. The van der Waals surface area contributed by atoms with Gasteiger partial charge in [-0.15, -0.1) is 0 Å². The van der Waals surface area contributed by atoms with E-state index in [1.54, 1.807) is 7.11 Å². The van der Waals surface area contributed by atoms with Gasteiger partial charge >= 0.3 is 11.9 Å². The lowest BCUT2D eigenvalue weighted by atomic mass is 9.86. The fourth-order valence-corrected chi connectivity index (χ4v) is 7.97. The van der Waals surface area contributed by atoms with Crippen LogP contribution in [-0.4, -0.2) is 50.3 Å². The van der Waals surface area contributed by atoms with Gasteiger partial charge in [-0.05, 0) is 72.3 Å². The van der Waals surface area contributed by atoms with Crippen molar-refractivity contribution >= 4 is 60.9 Å². The Labute approximate surface area is 305 Å². The summed E-state index contributed by atoms with van der Waals surface area (Å²) in [5.41, 5.74) is 5.34. The van der Waals surface area contributed by atoms with Crippen molar-refractivity contribution in [3.8, 4) is 28.0 Å². The molecule has 9 rings (SSSR count). The Bertz CT molecular complexity index is 2620. The third-order valence-electron chi connectivity index (χ3n) is 10.5. The van der Waals surface area contributed by atoms with Crippen LogP contribution in [0.4, 0.5) is 0 Å². The highest BCUT2D eigenvalue weighted by molar-refractivity contribution is 6.25. The number of carbonyl (C=O) groups excluding carboxylic acids is 3. The van der Waals surface area contributed by atoms with E-state index in [9.17, 15) is 14.4 Å². The fourth-order valence-electron chi connectivity index (χ4n) is 7.97. The van der Waals surface area contributed by atoms with E-state index in [-0.39, 0.29) is 25.1 Å². The van der Waals surface area contributed by atoms with Crippen molar-refractivity contribution < 1.29 is 33.3 Å². The third-order valence-corrected chi connectivity index (χ3v) is 10.5. The smallest absolute Gasteiger partial charge is 0.335 e. The van der Waals surface area contributed by atoms with Gasteiger partial charge < -0.3 is 24.3 Å². The van der Waals surface area contributed by atoms with E-state index in [0.717, 1.165) is 76.7 Å². The Balaban J connectivity index is 1.26. The van der Waals surface area contributed by atoms with Crippen LogP contribution in [0.5, 0.6) is 5.75 Å². The van der Waals surface area contributed by atoms with Crippen LogP contribution < -0.4 is 10.1 Å². The quantitative estimate of drug-likeness (QED) is 0.125. The summed E-state index contributed by atoms with van der Waals surface area (Å²) < 4.78 is 22.6. The first-order valence-electron chi connectivity index (χ1n) is 17.8. The van der Waals surface area contributed by atoms with Crippen molar-refractivity contribution in [3.05, 3.63) is 126 Å². The van der Waals surface area contributed by atoms with Crippen LogP contribution in [0.1, 0.15) is 28.8 Å². The van der Waals surface area contributed by atoms with Gasteiger partial charge in [0.1, 0.15) is 11.8 Å². The molecule has 2 aliphatic heterocycles. The molecule has 0 radical (unpaired) electrons. The van der Waals surface area contributed by atoms with Crippen LogP contribution in [0.15, 0.2) is 115 Å². The van der Waals surface area contributed by atoms with Crippen LogP contribution >= 0.6 is 0 Å². The number of esters is 2. The Morgan fingerprint density at radius 3 is 1.94 bits per heavy atom. The van der Waals surface area contributed by atoms with Gasteiger partial charge in [0.15, 0.2) is 6.10 Å². The molecule has 53 heavy (non-hydrogen) atoms. The van der Waals surface area contributed by atoms with Crippen molar-refractivity contribution in [2.75, 3.05) is 20.3 Å². The highest BCUT2D eigenvalue weighted by Crippen LogP contribution is 2.43. The molecular weight excluding hydrogens is 666 g/mol. The number of rotatable bonds is 8. The number of cyclic esters (lactones) is 2. The lowest BCUT2D eigenvalue weighted by Crippen LogP contribution is -2.38. The zero-order valence-corrected chi connectivity index (χ0v) is 29.0. The first-order valence-corrected chi connectivity index (χ1v) is 17.8. The van der Waals surface area contributed by atoms with Crippen molar-refractivity contribution in [3.63, 3.8) is 0 Å². The third kappa shape index (κ3) is 5.63. The second-order valence-corrected chi connectivity index (χ2v) is 13.5. The Morgan fingerprint density at radius 1 is 0.642 bits per heavy atom. The van der Waals surface area contributed by atoms with E-state index in [1.807, 2.05) is 66.7 Å². The van der Waals surface area contributed by atoms with Gasteiger partial charge in [-0.3, -0.25) is 4.79 Å². The first-order chi connectivity index (χ1) is 26.0. The normalized spacial score (nSPS) is 17.1. The molecule has 262 valence electrons. The van der Waals surface area contributed by atoms with Crippen molar-refractivity contribution in [1.29, 1.82) is 0 Å². The van der Waals surface area contributed by atoms with E-state index in [0.29, 0.717) is 25.0 Å². The lowest BCUT2D eigenvalue weighted by molar-refractivity contribution is -0.147. The van der Waals surface area contributed by atoms with Gasteiger partial charge in [-0.2, -0.15) is 0 Å². The van der Waals surface area contributed by atoms with Gasteiger partial charge in [0.2, 0.25) is 0 Å². The summed E-state index contributed by atoms with van der Waals surface area (Å²) in [6, 6.07) is 37.9. The monoisotopic (exact) mass is 701 g/mol. The predicted octanol–water partition coefficient (Wildman–Crippen LogP) is 8.52. The van der Waals surface area contributed by atoms with Gasteiger partial charge in [-0.25, -0.2) is 9.59 Å². The predicted molar refractivity (Wildman–Crippen MR) is 205 cm³/mol. The number of fused-ring (bicyclic) bond motifs is 4. The summed E-state index contributed by atoms with van der Waals surface area (Å²) in [5.74, 6) is -0.326. The largest absolute Gasteiger partial charge is 0.495 e. The number of benzene rings is 7. The van der Waals surface area contributed by atoms with E-state index in [1.165, 1.54) is 0 Å². The van der Waals surface area contributed by atoms with E-state index >= 15 is 0 Å². The maximum Gasteiger partial charge on any atom is 0.335 e.